The predicted molar refractivity (Wildman–Crippen MR) is 84.3 cm³/mol. The molecule has 0 heterocycles. The molecule has 0 saturated carbocycles. The number of fused-ring (bicyclic) bond motifs is 1. The van der Waals surface area contributed by atoms with Crippen LogP contribution < -0.4 is 5.73 Å². The van der Waals surface area contributed by atoms with Gasteiger partial charge in [0.25, 0.3) is 0 Å². The second kappa shape index (κ2) is 4.78. The number of phenols is 1. The summed E-state index contributed by atoms with van der Waals surface area (Å²) in [6.45, 7) is 9.83. The maximum absolute atomic E-state index is 9.91. The molecule has 0 atom stereocenters. The SMILES string of the molecule is C=NC1=C(C(N)=NC)C(C)(C)Cc2c1ccc(O)c2C. The topological polar surface area (TPSA) is 71.0 Å². The van der Waals surface area contributed by atoms with Gasteiger partial charge in [-0.05, 0) is 48.7 Å². The molecule has 0 fully saturated rings. The summed E-state index contributed by atoms with van der Waals surface area (Å²) in [5.41, 5.74) is 10.5. The highest BCUT2D eigenvalue weighted by molar-refractivity contribution is 6.06. The normalized spacial score (nSPS) is 17.9. The maximum atomic E-state index is 9.91. The van der Waals surface area contributed by atoms with Crippen molar-refractivity contribution in [2.75, 3.05) is 7.05 Å². The first kappa shape index (κ1) is 14.3. The Kier molecular flexibility index (Phi) is 3.42. The molecule has 0 spiro atoms. The lowest BCUT2D eigenvalue weighted by molar-refractivity contribution is 0.444. The molecular formula is C16H21N3O. The van der Waals surface area contributed by atoms with Gasteiger partial charge in [0.2, 0.25) is 0 Å². The van der Waals surface area contributed by atoms with Crippen molar-refractivity contribution in [3.8, 4) is 5.75 Å². The Labute approximate surface area is 119 Å². The minimum absolute atomic E-state index is 0.203. The van der Waals surface area contributed by atoms with Crippen molar-refractivity contribution in [3.63, 3.8) is 0 Å². The maximum Gasteiger partial charge on any atom is 0.123 e. The van der Waals surface area contributed by atoms with Crippen molar-refractivity contribution in [2.45, 2.75) is 27.2 Å². The van der Waals surface area contributed by atoms with Gasteiger partial charge in [-0.2, -0.15) is 0 Å². The van der Waals surface area contributed by atoms with Crippen LogP contribution in [0, 0.1) is 12.3 Å². The highest BCUT2D eigenvalue weighted by Crippen LogP contribution is 2.45. The van der Waals surface area contributed by atoms with E-state index in [0.717, 1.165) is 34.4 Å². The van der Waals surface area contributed by atoms with Crippen LogP contribution in [0.1, 0.15) is 30.5 Å². The molecule has 0 amide bonds. The fourth-order valence-corrected chi connectivity index (χ4v) is 2.92. The van der Waals surface area contributed by atoms with Gasteiger partial charge in [-0.3, -0.25) is 9.98 Å². The minimum atomic E-state index is -0.203. The van der Waals surface area contributed by atoms with Gasteiger partial charge in [0.05, 0.1) is 5.70 Å². The third-order valence-corrected chi connectivity index (χ3v) is 4.01. The summed E-state index contributed by atoms with van der Waals surface area (Å²) in [6, 6.07) is 3.56. The highest BCUT2D eigenvalue weighted by atomic mass is 16.3. The van der Waals surface area contributed by atoms with Gasteiger partial charge >= 0.3 is 0 Å². The number of hydrogen-bond donors (Lipinski definition) is 2. The minimum Gasteiger partial charge on any atom is -0.508 e. The molecule has 4 nitrogen and oxygen atoms in total. The van der Waals surface area contributed by atoms with Crippen LogP contribution in [0.15, 0.2) is 27.7 Å². The summed E-state index contributed by atoms with van der Waals surface area (Å²) in [5.74, 6) is 0.803. The Balaban J connectivity index is 2.85. The van der Waals surface area contributed by atoms with Crippen LogP contribution in [0.2, 0.25) is 0 Å². The second-order valence-electron chi connectivity index (χ2n) is 5.79. The molecule has 0 aliphatic heterocycles. The van der Waals surface area contributed by atoms with Crippen LogP contribution in [-0.4, -0.2) is 24.7 Å². The number of nitrogens with two attached hydrogens (primary N) is 1. The zero-order chi connectivity index (χ0) is 15.1. The van der Waals surface area contributed by atoms with Crippen LogP contribution in [0.4, 0.5) is 0 Å². The number of amidine groups is 1. The molecule has 1 aliphatic rings. The number of aliphatic imine (C=N–C) groups is 2. The van der Waals surface area contributed by atoms with Crippen molar-refractivity contribution in [1.29, 1.82) is 0 Å². The first-order valence-electron chi connectivity index (χ1n) is 6.59. The molecule has 2 rings (SSSR count). The lowest BCUT2D eigenvalue weighted by atomic mass is 9.70. The lowest BCUT2D eigenvalue weighted by Crippen LogP contribution is -2.33. The van der Waals surface area contributed by atoms with Crippen molar-refractivity contribution in [3.05, 3.63) is 34.4 Å². The van der Waals surface area contributed by atoms with Gasteiger partial charge in [0.1, 0.15) is 11.6 Å². The average Bonchev–Trinajstić information content (AvgIpc) is 2.40. The Morgan fingerprint density at radius 2 is 2.05 bits per heavy atom. The molecule has 4 heteroatoms. The molecule has 106 valence electrons. The summed E-state index contributed by atoms with van der Waals surface area (Å²) >= 11 is 0. The van der Waals surface area contributed by atoms with Gasteiger partial charge in [-0.1, -0.05) is 13.8 Å². The van der Waals surface area contributed by atoms with E-state index >= 15 is 0 Å². The Morgan fingerprint density at radius 1 is 1.40 bits per heavy atom. The van der Waals surface area contributed by atoms with E-state index in [4.69, 9.17) is 5.73 Å². The first-order valence-corrected chi connectivity index (χ1v) is 6.59. The fraction of sp³-hybridized carbons (Fsp3) is 0.375. The predicted octanol–water partition coefficient (Wildman–Crippen LogP) is 2.68. The summed E-state index contributed by atoms with van der Waals surface area (Å²) in [5, 5.41) is 9.91. The number of hydrogen-bond acceptors (Lipinski definition) is 3. The van der Waals surface area contributed by atoms with Crippen LogP contribution >= 0.6 is 0 Å². The molecular weight excluding hydrogens is 250 g/mol. The van der Waals surface area contributed by atoms with Gasteiger partial charge in [-0.15, -0.1) is 0 Å². The Bertz CT molecular complexity index is 639. The van der Waals surface area contributed by atoms with Gasteiger partial charge < -0.3 is 10.8 Å². The molecule has 20 heavy (non-hydrogen) atoms. The van der Waals surface area contributed by atoms with E-state index in [9.17, 15) is 5.11 Å². The number of aromatic hydroxyl groups is 1. The quantitative estimate of drug-likeness (QED) is 0.641. The summed E-state index contributed by atoms with van der Waals surface area (Å²) in [4.78, 5) is 8.31. The van der Waals surface area contributed by atoms with Crippen LogP contribution in [0.3, 0.4) is 0 Å². The molecule has 1 aromatic carbocycles. The van der Waals surface area contributed by atoms with E-state index < -0.39 is 0 Å². The number of nitrogens with zero attached hydrogens (tertiary/aromatic N) is 2. The highest BCUT2D eigenvalue weighted by Gasteiger charge is 2.36. The van der Waals surface area contributed by atoms with Crippen molar-refractivity contribution >= 4 is 18.3 Å². The van der Waals surface area contributed by atoms with Gasteiger partial charge in [0.15, 0.2) is 0 Å². The zero-order valence-corrected chi connectivity index (χ0v) is 12.5. The smallest absolute Gasteiger partial charge is 0.123 e. The van der Waals surface area contributed by atoms with Crippen molar-refractivity contribution in [1.82, 2.24) is 0 Å². The van der Waals surface area contributed by atoms with Crippen LogP contribution in [0.25, 0.3) is 5.70 Å². The van der Waals surface area contributed by atoms with E-state index in [1.165, 1.54) is 0 Å². The molecule has 0 unspecified atom stereocenters. The Hall–Kier alpha value is -2.10. The molecule has 0 radical (unpaired) electrons. The van der Waals surface area contributed by atoms with Crippen LogP contribution in [-0.2, 0) is 6.42 Å². The number of rotatable bonds is 2. The Morgan fingerprint density at radius 3 is 2.60 bits per heavy atom. The van der Waals surface area contributed by atoms with Gasteiger partial charge in [0, 0.05) is 18.2 Å². The zero-order valence-electron chi connectivity index (χ0n) is 12.5. The van der Waals surface area contributed by atoms with Crippen LogP contribution in [0.5, 0.6) is 5.75 Å². The van der Waals surface area contributed by atoms with E-state index in [2.05, 4.69) is 30.5 Å². The van der Waals surface area contributed by atoms with E-state index in [-0.39, 0.29) is 5.41 Å². The standard InChI is InChI=1S/C16H21N3O/c1-9-11-8-16(2,3)13(15(17)19-5)14(18-4)10(11)6-7-12(9)20/h6-7,20H,4,8H2,1-3,5H3,(H2,17,19). The number of benzene rings is 1. The summed E-state index contributed by atoms with van der Waals surface area (Å²) in [6.07, 6.45) is 0.785. The van der Waals surface area contributed by atoms with Crippen molar-refractivity contribution in [2.24, 2.45) is 21.1 Å². The fourth-order valence-electron chi connectivity index (χ4n) is 2.92. The van der Waals surface area contributed by atoms with E-state index in [0.29, 0.717) is 11.6 Å². The molecule has 0 saturated heterocycles. The second-order valence-corrected chi connectivity index (χ2v) is 5.79. The largest absolute Gasteiger partial charge is 0.508 e. The average molecular weight is 271 g/mol. The molecule has 3 N–H and O–H groups in total. The molecule has 1 aliphatic carbocycles. The first-order chi connectivity index (χ1) is 9.33. The third kappa shape index (κ3) is 2.01. The molecule has 0 aromatic heterocycles. The summed E-state index contributed by atoms with van der Waals surface area (Å²) < 4.78 is 0. The number of phenolic OH excluding ortho intramolecular Hbond substituents is 1. The van der Waals surface area contributed by atoms with Crippen molar-refractivity contribution < 1.29 is 5.11 Å². The van der Waals surface area contributed by atoms with Gasteiger partial charge in [-0.25, -0.2) is 0 Å². The van der Waals surface area contributed by atoms with E-state index in [1.54, 1.807) is 13.1 Å². The van der Waals surface area contributed by atoms with E-state index in [1.807, 2.05) is 13.0 Å². The third-order valence-electron chi connectivity index (χ3n) is 4.01. The lowest BCUT2D eigenvalue weighted by Gasteiger charge is -2.35. The summed E-state index contributed by atoms with van der Waals surface area (Å²) in [7, 11) is 1.68. The molecule has 0 bridgehead atoms. The molecule has 1 aromatic rings. The monoisotopic (exact) mass is 271 g/mol.